The van der Waals surface area contributed by atoms with Gasteiger partial charge in [-0.25, -0.2) is 9.78 Å². The summed E-state index contributed by atoms with van der Waals surface area (Å²) in [5.41, 5.74) is 0.278. The topological polar surface area (TPSA) is 90.3 Å². The Morgan fingerprint density at radius 2 is 2.04 bits per heavy atom. The zero-order valence-corrected chi connectivity index (χ0v) is 14.0. The first-order chi connectivity index (χ1) is 11.5. The Kier molecular flexibility index (Phi) is 5.68. The zero-order valence-electron chi connectivity index (χ0n) is 14.0. The smallest absolute Gasteiger partial charge is 0.328 e. The Balaban J connectivity index is 2.18. The van der Waals surface area contributed by atoms with Crippen LogP contribution in [0.25, 0.3) is 10.9 Å². The van der Waals surface area contributed by atoms with Gasteiger partial charge in [0.2, 0.25) is 5.91 Å². The van der Waals surface area contributed by atoms with Gasteiger partial charge in [-0.2, -0.15) is 0 Å². The highest BCUT2D eigenvalue weighted by atomic mass is 16.5. The Labute approximate surface area is 139 Å². The molecule has 128 valence electrons. The number of carbonyl (C=O) groups is 2. The fourth-order valence-electron chi connectivity index (χ4n) is 2.39. The van der Waals surface area contributed by atoms with Gasteiger partial charge in [-0.3, -0.25) is 14.2 Å². The molecule has 0 unspecified atom stereocenters. The predicted molar refractivity (Wildman–Crippen MR) is 89.4 cm³/mol. The second-order valence-electron chi connectivity index (χ2n) is 5.65. The van der Waals surface area contributed by atoms with Crippen LogP contribution in [-0.2, 0) is 20.9 Å². The summed E-state index contributed by atoms with van der Waals surface area (Å²) in [6.45, 7) is 3.57. The zero-order chi connectivity index (χ0) is 17.7. The number of carbonyl (C=O) groups excluding carboxylic acids is 2. The number of amides is 1. The normalized spacial score (nSPS) is 13.3. The number of ether oxygens (including phenoxy) is 1. The average Bonchev–Trinajstić information content (AvgIpc) is 2.61. The quantitative estimate of drug-likeness (QED) is 0.801. The summed E-state index contributed by atoms with van der Waals surface area (Å²) in [6.07, 6.45) is 2.04. The largest absolute Gasteiger partial charge is 0.467 e. The Morgan fingerprint density at radius 1 is 1.33 bits per heavy atom. The molecule has 2 aromatic rings. The summed E-state index contributed by atoms with van der Waals surface area (Å²) < 4.78 is 5.96. The van der Waals surface area contributed by atoms with Crippen LogP contribution in [0.15, 0.2) is 35.4 Å². The van der Waals surface area contributed by atoms with Crippen molar-refractivity contribution >= 4 is 22.8 Å². The molecule has 0 aliphatic carbocycles. The molecule has 0 aliphatic rings. The van der Waals surface area contributed by atoms with Gasteiger partial charge in [0.05, 0.1) is 24.3 Å². The van der Waals surface area contributed by atoms with E-state index >= 15 is 0 Å². The number of para-hydroxylation sites is 1. The Morgan fingerprint density at radius 3 is 2.71 bits per heavy atom. The van der Waals surface area contributed by atoms with Gasteiger partial charge in [-0.1, -0.05) is 32.4 Å². The first kappa shape index (κ1) is 17.7. The third-order valence-electron chi connectivity index (χ3n) is 4.03. The van der Waals surface area contributed by atoms with E-state index in [1.165, 1.54) is 18.0 Å². The molecule has 1 aromatic carbocycles. The summed E-state index contributed by atoms with van der Waals surface area (Å²) >= 11 is 0. The molecule has 1 aromatic heterocycles. The number of nitrogens with zero attached hydrogens (tertiary/aromatic N) is 2. The van der Waals surface area contributed by atoms with Gasteiger partial charge in [0.1, 0.15) is 12.6 Å². The van der Waals surface area contributed by atoms with Crippen molar-refractivity contribution in [2.45, 2.75) is 32.9 Å². The molecule has 0 aliphatic heterocycles. The first-order valence-electron chi connectivity index (χ1n) is 7.79. The van der Waals surface area contributed by atoms with Gasteiger partial charge in [0.15, 0.2) is 0 Å². The van der Waals surface area contributed by atoms with Gasteiger partial charge < -0.3 is 10.1 Å². The standard InChI is InChI=1S/C17H21N3O4/c1-4-11(2)15(17(23)24-3)19-14(21)9-20-10-18-13-8-6-5-7-12(13)16(20)22/h5-8,10-11,15H,4,9H2,1-3H3,(H,19,21)/t11-,15-/m0/s1. The molecule has 0 radical (unpaired) electrons. The van der Waals surface area contributed by atoms with Crippen molar-refractivity contribution in [3.8, 4) is 0 Å². The van der Waals surface area contributed by atoms with Gasteiger partial charge in [-0.05, 0) is 18.1 Å². The molecule has 2 atom stereocenters. The number of fused-ring (bicyclic) bond motifs is 1. The van der Waals surface area contributed by atoms with Gasteiger partial charge in [0.25, 0.3) is 5.56 Å². The number of nitrogens with one attached hydrogen (secondary N) is 1. The maximum Gasteiger partial charge on any atom is 0.328 e. The minimum atomic E-state index is -0.739. The number of esters is 1. The fourth-order valence-corrected chi connectivity index (χ4v) is 2.39. The molecular weight excluding hydrogens is 310 g/mol. The van der Waals surface area contributed by atoms with Crippen LogP contribution in [0.1, 0.15) is 20.3 Å². The molecular formula is C17H21N3O4. The lowest BCUT2D eigenvalue weighted by Gasteiger charge is -2.22. The molecule has 0 bridgehead atoms. The molecule has 1 heterocycles. The van der Waals surface area contributed by atoms with Crippen LogP contribution >= 0.6 is 0 Å². The van der Waals surface area contributed by atoms with Crippen molar-refractivity contribution in [1.29, 1.82) is 0 Å². The van der Waals surface area contributed by atoms with Crippen molar-refractivity contribution in [2.24, 2.45) is 5.92 Å². The highest BCUT2D eigenvalue weighted by Gasteiger charge is 2.26. The van der Waals surface area contributed by atoms with E-state index in [1.807, 2.05) is 13.8 Å². The molecule has 7 nitrogen and oxygen atoms in total. The van der Waals surface area contributed by atoms with E-state index in [-0.39, 0.29) is 18.0 Å². The van der Waals surface area contributed by atoms with E-state index in [2.05, 4.69) is 10.3 Å². The average molecular weight is 331 g/mol. The molecule has 2 rings (SSSR count). The number of rotatable bonds is 6. The first-order valence-corrected chi connectivity index (χ1v) is 7.79. The summed E-state index contributed by atoms with van der Waals surface area (Å²) in [4.78, 5) is 40.6. The van der Waals surface area contributed by atoms with Crippen molar-refractivity contribution in [2.75, 3.05) is 7.11 Å². The summed E-state index contributed by atoms with van der Waals surface area (Å²) in [5.74, 6) is -1.01. The fraction of sp³-hybridized carbons (Fsp3) is 0.412. The predicted octanol–water partition coefficient (Wildman–Crippen LogP) is 1.10. The van der Waals surface area contributed by atoms with E-state index in [0.29, 0.717) is 17.3 Å². The highest BCUT2D eigenvalue weighted by molar-refractivity contribution is 5.84. The number of hydrogen-bond acceptors (Lipinski definition) is 5. The number of methoxy groups -OCH3 is 1. The molecule has 0 saturated carbocycles. The van der Waals surface area contributed by atoms with Crippen LogP contribution in [0.3, 0.4) is 0 Å². The molecule has 1 amide bonds. The van der Waals surface area contributed by atoms with Crippen LogP contribution in [0, 0.1) is 5.92 Å². The van der Waals surface area contributed by atoms with E-state index < -0.39 is 17.9 Å². The summed E-state index contributed by atoms with van der Waals surface area (Å²) in [6, 6.07) is 6.19. The van der Waals surface area contributed by atoms with Crippen LogP contribution in [0.2, 0.25) is 0 Å². The molecule has 0 spiro atoms. The van der Waals surface area contributed by atoms with E-state index in [1.54, 1.807) is 24.3 Å². The Bertz CT molecular complexity index is 800. The van der Waals surface area contributed by atoms with Crippen LogP contribution < -0.4 is 10.9 Å². The lowest BCUT2D eigenvalue weighted by atomic mass is 9.99. The molecule has 0 fully saturated rings. The SMILES string of the molecule is CC[C@H](C)[C@H](NC(=O)Cn1cnc2ccccc2c1=O)C(=O)OC. The number of benzene rings is 1. The van der Waals surface area contributed by atoms with Crippen molar-refractivity contribution < 1.29 is 14.3 Å². The second-order valence-corrected chi connectivity index (χ2v) is 5.65. The summed E-state index contributed by atoms with van der Waals surface area (Å²) in [7, 11) is 1.28. The van der Waals surface area contributed by atoms with Crippen LogP contribution in [0.4, 0.5) is 0 Å². The van der Waals surface area contributed by atoms with E-state index in [9.17, 15) is 14.4 Å². The van der Waals surface area contributed by atoms with Gasteiger partial charge in [0, 0.05) is 0 Å². The monoisotopic (exact) mass is 331 g/mol. The van der Waals surface area contributed by atoms with Crippen molar-refractivity contribution in [1.82, 2.24) is 14.9 Å². The molecule has 0 saturated heterocycles. The summed E-state index contributed by atoms with van der Waals surface area (Å²) in [5, 5.41) is 3.08. The molecule has 7 heteroatoms. The minimum Gasteiger partial charge on any atom is -0.467 e. The van der Waals surface area contributed by atoms with Crippen LogP contribution in [-0.4, -0.2) is 34.6 Å². The number of hydrogen-bond donors (Lipinski definition) is 1. The van der Waals surface area contributed by atoms with Crippen LogP contribution in [0.5, 0.6) is 0 Å². The lowest BCUT2D eigenvalue weighted by Crippen LogP contribution is -2.47. The molecule has 24 heavy (non-hydrogen) atoms. The van der Waals surface area contributed by atoms with Crippen molar-refractivity contribution in [3.05, 3.63) is 40.9 Å². The van der Waals surface area contributed by atoms with Gasteiger partial charge >= 0.3 is 5.97 Å². The van der Waals surface area contributed by atoms with Gasteiger partial charge in [-0.15, -0.1) is 0 Å². The lowest BCUT2D eigenvalue weighted by molar-refractivity contribution is -0.146. The van der Waals surface area contributed by atoms with E-state index in [4.69, 9.17) is 4.74 Å². The second kappa shape index (κ2) is 7.72. The molecule has 1 N–H and O–H groups in total. The number of aromatic nitrogens is 2. The maximum atomic E-state index is 12.4. The third-order valence-corrected chi connectivity index (χ3v) is 4.03. The maximum absolute atomic E-state index is 12.4. The third kappa shape index (κ3) is 3.79. The highest BCUT2D eigenvalue weighted by Crippen LogP contribution is 2.09. The van der Waals surface area contributed by atoms with E-state index in [0.717, 1.165) is 0 Å². The minimum absolute atomic E-state index is 0.0761. The Hall–Kier alpha value is -2.70. The van der Waals surface area contributed by atoms with Crippen molar-refractivity contribution in [3.63, 3.8) is 0 Å².